The molecule has 1 aliphatic carbocycles. The van der Waals surface area contributed by atoms with Crippen LogP contribution in [0.2, 0.25) is 5.02 Å². The summed E-state index contributed by atoms with van der Waals surface area (Å²) in [4.78, 5) is 26.1. The van der Waals surface area contributed by atoms with Crippen molar-refractivity contribution in [3.8, 4) is 5.75 Å². The van der Waals surface area contributed by atoms with Gasteiger partial charge in [-0.2, -0.15) is 0 Å². The molecule has 0 radical (unpaired) electrons. The molecule has 1 fully saturated rings. The van der Waals surface area contributed by atoms with Crippen molar-refractivity contribution in [3.63, 3.8) is 0 Å². The third-order valence-corrected chi connectivity index (χ3v) is 5.96. The molecular formula is C25H30ClNO4. The summed E-state index contributed by atoms with van der Waals surface area (Å²) in [7, 11) is 0. The van der Waals surface area contributed by atoms with Crippen molar-refractivity contribution in [2.45, 2.75) is 64.4 Å². The molecule has 0 heterocycles. The van der Waals surface area contributed by atoms with Crippen molar-refractivity contribution in [1.82, 2.24) is 0 Å². The number of carbonyl (C=O) groups is 2. The number of ether oxygens (including phenoxy) is 2. The Kier molecular flexibility index (Phi) is 7.60. The quantitative estimate of drug-likeness (QED) is 0.521. The molecule has 1 aliphatic rings. The molecule has 1 saturated carbocycles. The number of anilines is 1. The van der Waals surface area contributed by atoms with E-state index in [-0.39, 0.29) is 18.6 Å². The molecule has 1 N–H and O–H groups in total. The average molecular weight is 444 g/mol. The molecule has 2 aromatic carbocycles. The summed E-state index contributed by atoms with van der Waals surface area (Å²) in [6.07, 6.45) is 4.42. The maximum absolute atomic E-state index is 13.6. The Morgan fingerprint density at radius 1 is 1.10 bits per heavy atom. The SMILES string of the molecule is CCOC(=O)c1cc(NC(=O)C2(c3ccccc3Cl)CCCCC2)ccc1OC(C)C. The molecule has 0 aromatic heterocycles. The molecule has 3 rings (SSSR count). The van der Waals surface area contributed by atoms with Crippen molar-refractivity contribution in [1.29, 1.82) is 0 Å². The van der Waals surface area contributed by atoms with Crippen LogP contribution in [-0.4, -0.2) is 24.6 Å². The van der Waals surface area contributed by atoms with E-state index in [1.54, 1.807) is 25.1 Å². The zero-order valence-electron chi connectivity index (χ0n) is 18.4. The van der Waals surface area contributed by atoms with Crippen molar-refractivity contribution in [2.75, 3.05) is 11.9 Å². The largest absolute Gasteiger partial charge is 0.490 e. The van der Waals surface area contributed by atoms with Crippen molar-refractivity contribution >= 4 is 29.2 Å². The third kappa shape index (κ3) is 5.21. The second-order valence-corrected chi connectivity index (χ2v) is 8.58. The van der Waals surface area contributed by atoms with Gasteiger partial charge in [-0.25, -0.2) is 4.79 Å². The standard InChI is InChI=1S/C25H30ClNO4/c1-4-30-23(28)19-16-18(12-13-22(19)31-17(2)3)27-24(29)25(14-8-5-9-15-25)20-10-6-7-11-21(20)26/h6-7,10-13,16-17H,4-5,8-9,14-15H2,1-3H3,(H,27,29). The van der Waals surface area contributed by atoms with Crippen LogP contribution in [0.4, 0.5) is 5.69 Å². The number of hydrogen-bond acceptors (Lipinski definition) is 4. The summed E-state index contributed by atoms with van der Waals surface area (Å²) < 4.78 is 10.9. The highest BCUT2D eigenvalue weighted by atomic mass is 35.5. The predicted octanol–water partition coefficient (Wildman–Crippen LogP) is 6.14. The van der Waals surface area contributed by atoms with Gasteiger partial charge in [0, 0.05) is 10.7 Å². The van der Waals surface area contributed by atoms with E-state index in [1.165, 1.54) is 0 Å². The van der Waals surface area contributed by atoms with Gasteiger partial charge in [0.05, 0.1) is 18.1 Å². The van der Waals surface area contributed by atoms with Crippen molar-refractivity contribution < 1.29 is 19.1 Å². The van der Waals surface area contributed by atoms with Gasteiger partial charge in [-0.1, -0.05) is 49.1 Å². The number of hydrogen-bond donors (Lipinski definition) is 1. The molecule has 0 saturated heterocycles. The Labute approximate surface area is 189 Å². The van der Waals surface area contributed by atoms with Crippen LogP contribution < -0.4 is 10.1 Å². The Morgan fingerprint density at radius 3 is 2.45 bits per heavy atom. The minimum absolute atomic E-state index is 0.0978. The molecule has 0 spiro atoms. The monoisotopic (exact) mass is 443 g/mol. The van der Waals surface area contributed by atoms with E-state index in [1.807, 2.05) is 38.1 Å². The van der Waals surface area contributed by atoms with Crippen molar-refractivity contribution in [3.05, 3.63) is 58.6 Å². The molecule has 0 atom stereocenters. The number of esters is 1. The lowest BCUT2D eigenvalue weighted by atomic mass is 9.68. The normalized spacial score (nSPS) is 15.4. The molecule has 0 unspecified atom stereocenters. The lowest BCUT2D eigenvalue weighted by Gasteiger charge is -2.37. The van der Waals surface area contributed by atoms with Crippen molar-refractivity contribution in [2.24, 2.45) is 0 Å². The lowest BCUT2D eigenvalue weighted by molar-refractivity contribution is -0.122. The first kappa shape index (κ1) is 23.1. The molecule has 6 heteroatoms. The summed E-state index contributed by atoms with van der Waals surface area (Å²) in [6.45, 7) is 5.79. The third-order valence-electron chi connectivity index (χ3n) is 5.63. The second kappa shape index (κ2) is 10.2. The maximum Gasteiger partial charge on any atom is 0.341 e. The Morgan fingerprint density at radius 2 is 1.81 bits per heavy atom. The Hall–Kier alpha value is -2.53. The lowest BCUT2D eigenvalue weighted by Crippen LogP contribution is -2.42. The number of nitrogens with one attached hydrogen (secondary N) is 1. The maximum atomic E-state index is 13.6. The molecule has 2 aromatic rings. The molecule has 31 heavy (non-hydrogen) atoms. The summed E-state index contributed by atoms with van der Waals surface area (Å²) in [6, 6.07) is 12.6. The van der Waals surface area contributed by atoms with Gasteiger partial charge in [-0.15, -0.1) is 0 Å². The molecule has 1 amide bonds. The van der Waals surface area contributed by atoms with Gasteiger partial charge >= 0.3 is 5.97 Å². The minimum atomic E-state index is -0.687. The van der Waals surface area contributed by atoms with Gasteiger partial charge < -0.3 is 14.8 Å². The summed E-state index contributed by atoms with van der Waals surface area (Å²) in [5.74, 6) is -0.148. The highest BCUT2D eigenvalue weighted by molar-refractivity contribution is 6.31. The average Bonchev–Trinajstić information content (AvgIpc) is 2.75. The first-order chi connectivity index (χ1) is 14.9. The van der Waals surface area contributed by atoms with Gasteiger partial charge in [0.2, 0.25) is 5.91 Å². The highest BCUT2D eigenvalue weighted by Gasteiger charge is 2.42. The molecular weight excluding hydrogens is 414 g/mol. The number of rotatable bonds is 7. The first-order valence-corrected chi connectivity index (χ1v) is 11.3. The van der Waals surface area contributed by atoms with Gasteiger partial charge in [0.15, 0.2) is 0 Å². The molecule has 0 aliphatic heterocycles. The van der Waals surface area contributed by atoms with E-state index in [0.717, 1.165) is 37.7 Å². The van der Waals surface area contributed by atoms with Crippen LogP contribution in [-0.2, 0) is 14.9 Å². The van der Waals surface area contributed by atoms with Crippen LogP contribution in [0.3, 0.4) is 0 Å². The van der Waals surface area contributed by atoms with E-state index in [9.17, 15) is 9.59 Å². The summed E-state index contributed by atoms with van der Waals surface area (Å²) in [5.41, 5.74) is 0.998. The zero-order chi connectivity index (χ0) is 22.4. The second-order valence-electron chi connectivity index (χ2n) is 8.17. The first-order valence-electron chi connectivity index (χ1n) is 10.9. The fraction of sp³-hybridized carbons (Fsp3) is 0.440. The van der Waals surface area contributed by atoms with E-state index in [2.05, 4.69) is 5.32 Å². The highest BCUT2D eigenvalue weighted by Crippen LogP contribution is 2.43. The number of amides is 1. The fourth-order valence-corrected chi connectivity index (χ4v) is 4.52. The predicted molar refractivity (Wildman–Crippen MR) is 123 cm³/mol. The van der Waals surface area contributed by atoms with Gasteiger partial charge in [-0.05, 0) is 63.4 Å². The zero-order valence-corrected chi connectivity index (χ0v) is 19.1. The summed E-state index contributed by atoms with van der Waals surface area (Å²) in [5, 5.41) is 3.64. The van der Waals surface area contributed by atoms with Crippen LogP contribution in [0.5, 0.6) is 5.75 Å². The van der Waals surface area contributed by atoms with Crippen LogP contribution in [0, 0.1) is 0 Å². The van der Waals surface area contributed by atoms with Gasteiger partial charge in [0.25, 0.3) is 0 Å². The smallest absolute Gasteiger partial charge is 0.341 e. The van der Waals surface area contributed by atoms with Crippen LogP contribution in [0.1, 0.15) is 68.8 Å². The van der Waals surface area contributed by atoms with E-state index in [4.69, 9.17) is 21.1 Å². The molecule has 0 bridgehead atoms. The van der Waals surface area contributed by atoms with Crippen LogP contribution in [0.25, 0.3) is 0 Å². The summed E-state index contributed by atoms with van der Waals surface area (Å²) >= 11 is 6.51. The Bertz CT molecular complexity index is 935. The van der Waals surface area contributed by atoms with Crippen LogP contribution >= 0.6 is 11.6 Å². The van der Waals surface area contributed by atoms with E-state index < -0.39 is 11.4 Å². The topological polar surface area (TPSA) is 64.6 Å². The number of carbonyl (C=O) groups excluding carboxylic acids is 2. The van der Waals surface area contributed by atoms with E-state index in [0.29, 0.717) is 22.0 Å². The fourth-order valence-electron chi connectivity index (χ4n) is 4.21. The van der Waals surface area contributed by atoms with Crippen LogP contribution in [0.15, 0.2) is 42.5 Å². The minimum Gasteiger partial charge on any atom is -0.490 e. The van der Waals surface area contributed by atoms with Gasteiger partial charge in [-0.3, -0.25) is 4.79 Å². The Balaban J connectivity index is 1.94. The number of benzene rings is 2. The van der Waals surface area contributed by atoms with E-state index >= 15 is 0 Å². The van der Waals surface area contributed by atoms with Gasteiger partial charge in [0.1, 0.15) is 11.3 Å². The number of halogens is 1. The molecule has 5 nitrogen and oxygen atoms in total. The molecule has 166 valence electrons.